The SMILES string of the molecule is CCC(c1ccnc(N(C)C)n1)C(C)N. The van der Waals surface area contributed by atoms with Crippen LogP contribution < -0.4 is 10.6 Å². The fourth-order valence-corrected chi connectivity index (χ4v) is 1.63. The van der Waals surface area contributed by atoms with E-state index in [2.05, 4.69) is 16.9 Å². The molecule has 0 radical (unpaired) electrons. The van der Waals surface area contributed by atoms with Gasteiger partial charge in [0.2, 0.25) is 5.95 Å². The molecule has 1 heterocycles. The molecule has 0 aliphatic heterocycles. The third kappa shape index (κ3) is 2.89. The van der Waals surface area contributed by atoms with E-state index in [9.17, 15) is 0 Å². The van der Waals surface area contributed by atoms with Crippen molar-refractivity contribution in [3.8, 4) is 0 Å². The van der Waals surface area contributed by atoms with Crippen LogP contribution in [-0.4, -0.2) is 30.1 Å². The van der Waals surface area contributed by atoms with E-state index in [0.29, 0.717) is 5.92 Å². The number of hydrogen-bond acceptors (Lipinski definition) is 4. The fraction of sp³-hybridized carbons (Fsp3) is 0.636. The Morgan fingerprint density at radius 2 is 2.13 bits per heavy atom. The summed E-state index contributed by atoms with van der Waals surface area (Å²) in [5.41, 5.74) is 6.96. The smallest absolute Gasteiger partial charge is 0.224 e. The standard InChI is InChI=1S/C11H20N4/c1-5-9(8(2)12)10-6-7-13-11(14-10)15(3)4/h6-9H,5,12H2,1-4H3. The van der Waals surface area contributed by atoms with Gasteiger partial charge < -0.3 is 10.6 Å². The van der Waals surface area contributed by atoms with Gasteiger partial charge in [0.05, 0.1) is 5.69 Å². The molecule has 1 rings (SSSR count). The van der Waals surface area contributed by atoms with Gasteiger partial charge in [0.15, 0.2) is 0 Å². The normalized spacial score (nSPS) is 14.7. The summed E-state index contributed by atoms with van der Waals surface area (Å²) < 4.78 is 0. The molecule has 0 bridgehead atoms. The van der Waals surface area contributed by atoms with E-state index >= 15 is 0 Å². The minimum absolute atomic E-state index is 0.125. The molecule has 0 aliphatic rings. The third-order valence-corrected chi connectivity index (χ3v) is 2.52. The van der Waals surface area contributed by atoms with Gasteiger partial charge in [-0.1, -0.05) is 6.92 Å². The Kier molecular flexibility index (Phi) is 4.03. The summed E-state index contributed by atoms with van der Waals surface area (Å²) >= 11 is 0. The molecule has 0 saturated carbocycles. The van der Waals surface area contributed by atoms with Crippen molar-refractivity contribution in [2.75, 3.05) is 19.0 Å². The van der Waals surface area contributed by atoms with Crippen molar-refractivity contribution in [3.63, 3.8) is 0 Å². The fourth-order valence-electron chi connectivity index (χ4n) is 1.63. The first kappa shape index (κ1) is 11.9. The summed E-state index contributed by atoms with van der Waals surface area (Å²) in [6.45, 7) is 4.15. The third-order valence-electron chi connectivity index (χ3n) is 2.52. The first-order chi connectivity index (χ1) is 7.06. The molecule has 4 heteroatoms. The molecule has 2 N–H and O–H groups in total. The van der Waals surface area contributed by atoms with Crippen molar-refractivity contribution in [1.29, 1.82) is 0 Å². The molecule has 84 valence electrons. The molecule has 1 aromatic heterocycles. The van der Waals surface area contributed by atoms with Crippen molar-refractivity contribution in [2.45, 2.75) is 32.2 Å². The van der Waals surface area contributed by atoms with E-state index in [-0.39, 0.29) is 6.04 Å². The average Bonchev–Trinajstić information content (AvgIpc) is 2.18. The summed E-state index contributed by atoms with van der Waals surface area (Å²) in [5, 5.41) is 0. The van der Waals surface area contributed by atoms with Crippen LogP contribution in [0.3, 0.4) is 0 Å². The van der Waals surface area contributed by atoms with E-state index in [4.69, 9.17) is 5.73 Å². The highest BCUT2D eigenvalue weighted by atomic mass is 15.2. The lowest BCUT2D eigenvalue weighted by Crippen LogP contribution is -2.25. The Morgan fingerprint density at radius 3 is 2.60 bits per heavy atom. The zero-order valence-electron chi connectivity index (χ0n) is 9.94. The topological polar surface area (TPSA) is 55.0 Å². The molecule has 0 spiro atoms. The largest absolute Gasteiger partial charge is 0.347 e. The molecule has 0 aliphatic carbocycles. The second kappa shape index (κ2) is 5.07. The Bertz CT molecular complexity index is 309. The second-order valence-corrected chi connectivity index (χ2v) is 4.05. The molecule has 0 fully saturated rings. The quantitative estimate of drug-likeness (QED) is 0.812. The molecular formula is C11H20N4. The molecule has 1 aromatic rings. The summed E-state index contributed by atoms with van der Waals surface area (Å²) in [5.74, 6) is 1.05. The van der Waals surface area contributed by atoms with Crippen molar-refractivity contribution in [2.24, 2.45) is 5.73 Å². The van der Waals surface area contributed by atoms with E-state index in [0.717, 1.165) is 18.1 Å². The van der Waals surface area contributed by atoms with Gasteiger partial charge in [-0.25, -0.2) is 9.97 Å². The Labute approximate surface area is 91.5 Å². The van der Waals surface area contributed by atoms with Crippen LogP contribution in [0.2, 0.25) is 0 Å². The van der Waals surface area contributed by atoms with Crippen LogP contribution in [0, 0.1) is 0 Å². The Hall–Kier alpha value is -1.16. The number of aromatic nitrogens is 2. The molecule has 15 heavy (non-hydrogen) atoms. The van der Waals surface area contributed by atoms with Crippen LogP contribution in [-0.2, 0) is 0 Å². The second-order valence-electron chi connectivity index (χ2n) is 4.05. The van der Waals surface area contributed by atoms with Crippen LogP contribution in [0.5, 0.6) is 0 Å². The number of hydrogen-bond donors (Lipinski definition) is 1. The maximum atomic E-state index is 5.93. The molecule has 0 aromatic carbocycles. The first-order valence-electron chi connectivity index (χ1n) is 5.32. The number of nitrogens with two attached hydrogens (primary N) is 1. The highest BCUT2D eigenvalue weighted by Gasteiger charge is 2.16. The van der Waals surface area contributed by atoms with Crippen LogP contribution in [0.4, 0.5) is 5.95 Å². The summed E-state index contributed by atoms with van der Waals surface area (Å²) in [7, 11) is 3.87. The van der Waals surface area contributed by atoms with Crippen molar-refractivity contribution in [1.82, 2.24) is 9.97 Å². The summed E-state index contributed by atoms with van der Waals surface area (Å²) in [4.78, 5) is 10.6. The van der Waals surface area contributed by atoms with Gasteiger partial charge in [0.1, 0.15) is 0 Å². The molecule has 0 amide bonds. The lowest BCUT2D eigenvalue weighted by Gasteiger charge is -2.19. The van der Waals surface area contributed by atoms with Gasteiger partial charge in [-0.15, -0.1) is 0 Å². The van der Waals surface area contributed by atoms with Gasteiger partial charge in [-0.05, 0) is 19.4 Å². The van der Waals surface area contributed by atoms with Crippen LogP contribution in [0.15, 0.2) is 12.3 Å². The maximum absolute atomic E-state index is 5.93. The van der Waals surface area contributed by atoms with Gasteiger partial charge in [0, 0.05) is 32.3 Å². The minimum atomic E-state index is 0.125. The summed E-state index contributed by atoms with van der Waals surface area (Å²) in [6, 6.07) is 2.07. The minimum Gasteiger partial charge on any atom is -0.347 e. The van der Waals surface area contributed by atoms with Crippen molar-refractivity contribution < 1.29 is 0 Å². The molecule has 4 nitrogen and oxygen atoms in total. The van der Waals surface area contributed by atoms with Crippen LogP contribution in [0.1, 0.15) is 31.9 Å². The van der Waals surface area contributed by atoms with E-state index < -0.39 is 0 Å². The van der Waals surface area contributed by atoms with E-state index in [1.807, 2.05) is 32.0 Å². The van der Waals surface area contributed by atoms with E-state index in [1.165, 1.54) is 0 Å². The number of nitrogens with zero attached hydrogens (tertiary/aromatic N) is 3. The van der Waals surface area contributed by atoms with E-state index in [1.54, 1.807) is 6.20 Å². The predicted molar refractivity (Wildman–Crippen MR) is 63.0 cm³/mol. The first-order valence-corrected chi connectivity index (χ1v) is 5.32. The molecule has 0 saturated heterocycles. The number of anilines is 1. The predicted octanol–water partition coefficient (Wildman–Crippen LogP) is 1.38. The zero-order chi connectivity index (χ0) is 11.4. The Balaban J connectivity index is 2.98. The lowest BCUT2D eigenvalue weighted by atomic mass is 9.95. The van der Waals surface area contributed by atoms with Crippen molar-refractivity contribution >= 4 is 5.95 Å². The van der Waals surface area contributed by atoms with Gasteiger partial charge in [-0.3, -0.25) is 0 Å². The average molecular weight is 208 g/mol. The highest BCUT2D eigenvalue weighted by molar-refractivity contribution is 5.28. The molecular weight excluding hydrogens is 188 g/mol. The highest BCUT2D eigenvalue weighted by Crippen LogP contribution is 2.21. The molecule has 2 atom stereocenters. The lowest BCUT2D eigenvalue weighted by molar-refractivity contribution is 0.539. The molecule has 2 unspecified atom stereocenters. The van der Waals surface area contributed by atoms with Crippen LogP contribution >= 0.6 is 0 Å². The van der Waals surface area contributed by atoms with Crippen molar-refractivity contribution in [3.05, 3.63) is 18.0 Å². The number of rotatable bonds is 4. The van der Waals surface area contributed by atoms with Crippen LogP contribution in [0.25, 0.3) is 0 Å². The van der Waals surface area contributed by atoms with Gasteiger partial charge in [-0.2, -0.15) is 0 Å². The Morgan fingerprint density at radius 1 is 1.47 bits per heavy atom. The monoisotopic (exact) mass is 208 g/mol. The zero-order valence-corrected chi connectivity index (χ0v) is 9.94. The van der Waals surface area contributed by atoms with Gasteiger partial charge in [0.25, 0.3) is 0 Å². The maximum Gasteiger partial charge on any atom is 0.224 e. The summed E-state index contributed by atoms with van der Waals surface area (Å²) in [6.07, 6.45) is 2.80. The van der Waals surface area contributed by atoms with Gasteiger partial charge >= 0.3 is 0 Å².